The molecule has 0 N–H and O–H groups in total. The van der Waals surface area contributed by atoms with E-state index in [4.69, 9.17) is 23.2 Å². The first-order chi connectivity index (χ1) is 16.9. The minimum Gasteiger partial charge on any atom is -0.302 e. The highest BCUT2D eigenvalue weighted by Gasteiger charge is 2.35. The molecule has 3 rings (SSSR count). The number of thiophene rings is 1. The lowest BCUT2D eigenvalue weighted by atomic mass is 9.78. The number of halogens is 2. The van der Waals surface area contributed by atoms with Crippen molar-refractivity contribution in [3.05, 3.63) is 92.7 Å². The van der Waals surface area contributed by atoms with Crippen molar-refractivity contribution in [2.24, 2.45) is 11.8 Å². The Balaban J connectivity index is 1.69. The number of ketones is 1. The molecule has 0 saturated carbocycles. The smallest absolute Gasteiger partial charge is 0.181 e. The van der Waals surface area contributed by atoms with Crippen molar-refractivity contribution in [2.75, 3.05) is 19.6 Å². The van der Waals surface area contributed by atoms with Crippen molar-refractivity contribution < 1.29 is 4.79 Å². The first-order valence-electron chi connectivity index (χ1n) is 12.6. The SMILES string of the molecule is C=C(C(=O)/C=C/Cc1ccc(Cl)cc1)[C@@H]1CCN(CC(C/C=C\C)CCC)C[C@H]1c1ccc(Cl)s1. The van der Waals surface area contributed by atoms with Gasteiger partial charge in [0.05, 0.1) is 4.34 Å². The summed E-state index contributed by atoms with van der Waals surface area (Å²) in [7, 11) is 0. The molecule has 188 valence electrons. The number of rotatable bonds is 12. The van der Waals surface area contributed by atoms with E-state index in [0.29, 0.717) is 17.9 Å². The van der Waals surface area contributed by atoms with Gasteiger partial charge in [-0.2, -0.15) is 0 Å². The summed E-state index contributed by atoms with van der Waals surface area (Å²) in [5.74, 6) is 1.07. The fourth-order valence-corrected chi connectivity index (χ4v) is 6.36. The quantitative estimate of drug-likeness (QED) is 0.202. The predicted octanol–water partition coefficient (Wildman–Crippen LogP) is 8.77. The van der Waals surface area contributed by atoms with Gasteiger partial charge >= 0.3 is 0 Å². The maximum absolute atomic E-state index is 13.1. The van der Waals surface area contributed by atoms with Crippen molar-refractivity contribution >= 4 is 40.3 Å². The Morgan fingerprint density at radius 2 is 1.97 bits per heavy atom. The standard InChI is InChI=1S/C30H37Cl2NOS/c1-4-6-9-24(8-5-2)20-33-19-18-26(27(21-33)29-16-17-30(32)35-29)22(3)28(34)11-7-10-23-12-14-25(31)15-13-23/h4,6-7,11-17,24,26-27H,3,5,8-10,18-21H2,1-2H3/b6-4-,11-7+/t24?,26-,27+/m0/s1. The van der Waals surface area contributed by atoms with Crippen LogP contribution in [0.15, 0.2) is 72.9 Å². The van der Waals surface area contributed by atoms with Crippen LogP contribution in [0.4, 0.5) is 0 Å². The molecule has 1 aromatic heterocycles. The zero-order valence-electron chi connectivity index (χ0n) is 20.9. The number of likely N-dealkylation sites (tertiary alicyclic amines) is 1. The molecule has 2 heterocycles. The molecule has 2 nitrogen and oxygen atoms in total. The molecule has 0 radical (unpaired) electrons. The Morgan fingerprint density at radius 3 is 2.63 bits per heavy atom. The van der Waals surface area contributed by atoms with Crippen LogP contribution in [-0.4, -0.2) is 30.3 Å². The minimum atomic E-state index is 0.0296. The number of carbonyl (C=O) groups is 1. The summed E-state index contributed by atoms with van der Waals surface area (Å²) in [4.78, 5) is 16.9. The Morgan fingerprint density at radius 1 is 1.20 bits per heavy atom. The Hall–Kier alpha value is -1.65. The highest BCUT2D eigenvalue weighted by molar-refractivity contribution is 7.16. The van der Waals surface area contributed by atoms with E-state index in [1.54, 1.807) is 17.4 Å². The number of allylic oxidation sites excluding steroid dienone is 5. The van der Waals surface area contributed by atoms with Gasteiger partial charge in [0.15, 0.2) is 5.78 Å². The molecular weight excluding hydrogens is 493 g/mol. The van der Waals surface area contributed by atoms with E-state index in [0.717, 1.165) is 47.4 Å². The van der Waals surface area contributed by atoms with Gasteiger partial charge in [-0.25, -0.2) is 0 Å². The Labute approximate surface area is 225 Å². The highest BCUT2D eigenvalue weighted by atomic mass is 35.5. The van der Waals surface area contributed by atoms with Gasteiger partial charge in [-0.05, 0) is 92.5 Å². The number of nitrogens with zero attached hydrogens (tertiary/aromatic N) is 1. The van der Waals surface area contributed by atoms with Gasteiger partial charge in [0, 0.05) is 28.9 Å². The van der Waals surface area contributed by atoms with Crippen LogP contribution in [0, 0.1) is 11.8 Å². The summed E-state index contributed by atoms with van der Waals surface area (Å²) >= 11 is 13.9. The third-order valence-electron chi connectivity index (χ3n) is 6.87. The molecular formula is C30H37Cl2NOS. The Kier molecular flexibility index (Phi) is 11.3. The molecule has 3 atom stereocenters. The fourth-order valence-electron chi connectivity index (χ4n) is 5.02. The lowest BCUT2D eigenvalue weighted by Gasteiger charge is -2.40. The lowest BCUT2D eigenvalue weighted by Crippen LogP contribution is -2.42. The molecule has 1 aliphatic rings. The van der Waals surface area contributed by atoms with Gasteiger partial charge in [0.1, 0.15) is 0 Å². The summed E-state index contributed by atoms with van der Waals surface area (Å²) in [6.45, 7) is 11.7. The molecule has 35 heavy (non-hydrogen) atoms. The number of hydrogen-bond acceptors (Lipinski definition) is 3. The Bertz CT molecular complexity index is 1020. The van der Waals surface area contributed by atoms with Gasteiger partial charge in [-0.1, -0.05) is 73.5 Å². The number of piperidine rings is 1. The topological polar surface area (TPSA) is 20.3 Å². The molecule has 1 saturated heterocycles. The molecule has 0 bridgehead atoms. The second-order valence-electron chi connectivity index (χ2n) is 9.48. The predicted molar refractivity (Wildman–Crippen MR) is 153 cm³/mol. The van der Waals surface area contributed by atoms with E-state index in [1.807, 2.05) is 36.4 Å². The van der Waals surface area contributed by atoms with Crippen LogP contribution in [0.25, 0.3) is 0 Å². The molecule has 1 fully saturated rings. The molecule has 0 amide bonds. The molecule has 1 aliphatic heterocycles. The zero-order chi connectivity index (χ0) is 25.2. The summed E-state index contributed by atoms with van der Waals surface area (Å²) < 4.78 is 0.799. The average molecular weight is 531 g/mol. The number of hydrogen-bond donors (Lipinski definition) is 0. The summed E-state index contributed by atoms with van der Waals surface area (Å²) in [6.07, 6.45) is 13.3. The van der Waals surface area contributed by atoms with Gasteiger partial charge in [0.25, 0.3) is 0 Å². The normalized spacial score (nSPS) is 20.0. The highest BCUT2D eigenvalue weighted by Crippen LogP contribution is 2.41. The molecule has 2 aromatic rings. The molecule has 1 unspecified atom stereocenters. The fraction of sp³-hybridized carbons (Fsp3) is 0.433. The number of benzene rings is 1. The minimum absolute atomic E-state index is 0.0296. The second kappa shape index (κ2) is 14.2. The molecule has 1 aromatic carbocycles. The van der Waals surface area contributed by atoms with Crippen molar-refractivity contribution in [1.29, 1.82) is 0 Å². The monoisotopic (exact) mass is 529 g/mol. The third kappa shape index (κ3) is 8.46. The maximum atomic E-state index is 13.1. The van der Waals surface area contributed by atoms with Crippen molar-refractivity contribution in [3.63, 3.8) is 0 Å². The van der Waals surface area contributed by atoms with E-state index in [1.165, 1.54) is 17.7 Å². The van der Waals surface area contributed by atoms with E-state index < -0.39 is 0 Å². The van der Waals surface area contributed by atoms with Crippen molar-refractivity contribution in [2.45, 2.75) is 51.9 Å². The van der Waals surface area contributed by atoms with Crippen LogP contribution in [0.2, 0.25) is 9.36 Å². The van der Waals surface area contributed by atoms with Crippen LogP contribution in [0.1, 0.15) is 55.9 Å². The van der Waals surface area contributed by atoms with E-state index in [-0.39, 0.29) is 17.6 Å². The van der Waals surface area contributed by atoms with Crippen molar-refractivity contribution in [1.82, 2.24) is 4.90 Å². The third-order valence-corrected chi connectivity index (χ3v) is 8.49. The summed E-state index contributed by atoms with van der Waals surface area (Å²) in [6, 6.07) is 11.8. The van der Waals surface area contributed by atoms with Gasteiger partial charge in [-0.15, -0.1) is 11.3 Å². The van der Waals surface area contributed by atoms with Crippen molar-refractivity contribution in [3.8, 4) is 0 Å². The maximum Gasteiger partial charge on any atom is 0.181 e. The number of carbonyl (C=O) groups excluding carboxylic acids is 1. The van der Waals surface area contributed by atoms with E-state index in [2.05, 4.69) is 43.5 Å². The van der Waals surface area contributed by atoms with Gasteiger partial charge in [-0.3, -0.25) is 4.79 Å². The van der Waals surface area contributed by atoms with Crippen LogP contribution < -0.4 is 0 Å². The average Bonchev–Trinajstić information content (AvgIpc) is 3.29. The van der Waals surface area contributed by atoms with Gasteiger partial charge < -0.3 is 4.90 Å². The van der Waals surface area contributed by atoms with Crippen LogP contribution >= 0.6 is 34.5 Å². The van der Waals surface area contributed by atoms with E-state index >= 15 is 0 Å². The van der Waals surface area contributed by atoms with Crippen LogP contribution in [0.3, 0.4) is 0 Å². The van der Waals surface area contributed by atoms with E-state index in [9.17, 15) is 4.79 Å². The summed E-state index contributed by atoms with van der Waals surface area (Å²) in [5, 5.41) is 0.719. The molecule has 5 heteroatoms. The first-order valence-corrected chi connectivity index (χ1v) is 14.2. The van der Waals surface area contributed by atoms with Crippen LogP contribution in [0.5, 0.6) is 0 Å². The first kappa shape index (κ1) is 27.9. The summed E-state index contributed by atoms with van der Waals surface area (Å²) in [5.41, 5.74) is 1.84. The van der Waals surface area contributed by atoms with Gasteiger partial charge in [0.2, 0.25) is 0 Å². The second-order valence-corrected chi connectivity index (χ2v) is 11.7. The largest absolute Gasteiger partial charge is 0.302 e. The zero-order valence-corrected chi connectivity index (χ0v) is 23.2. The lowest BCUT2D eigenvalue weighted by molar-refractivity contribution is -0.112. The van der Waals surface area contributed by atoms with Crippen LogP contribution in [-0.2, 0) is 11.2 Å². The molecule has 0 aliphatic carbocycles. The molecule has 0 spiro atoms.